The van der Waals surface area contributed by atoms with Crippen LogP contribution in [-0.2, 0) is 9.84 Å². The van der Waals surface area contributed by atoms with E-state index in [-0.39, 0.29) is 10.5 Å². The molecule has 6 heteroatoms. The van der Waals surface area contributed by atoms with Crippen LogP contribution >= 0.6 is 0 Å². The maximum atomic E-state index is 12.6. The monoisotopic (exact) mass is 300 g/mol. The quantitative estimate of drug-likeness (QED) is 0.851. The van der Waals surface area contributed by atoms with Gasteiger partial charge in [0.15, 0.2) is 20.9 Å². The van der Waals surface area contributed by atoms with Crippen LogP contribution in [0.15, 0.2) is 52.6 Å². The van der Waals surface area contributed by atoms with Crippen molar-refractivity contribution in [1.29, 1.82) is 0 Å². The molecule has 1 aromatic heterocycles. The summed E-state index contributed by atoms with van der Waals surface area (Å²) in [6, 6.07) is 7.99. The molecule has 0 bridgehead atoms. The molecule has 1 aliphatic rings. The summed E-state index contributed by atoms with van der Waals surface area (Å²) >= 11 is 0. The van der Waals surface area contributed by atoms with Crippen molar-refractivity contribution in [2.24, 2.45) is 4.99 Å². The number of benzene rings is 1. The van der Waals surface area contributed by atoms with E-state index in [4.69, 9.17) is 0 Å². The molecule has 2 heterocycles. The Hall–Kier alpha value is -2.34. The van der Waals surface area contributed by atoms with Crippen LogP contribution in [0.5, 0.6) is 0 Å². The second-order valence-corrected chi connectivity index (χ2v) is 6.88. The van der Waals surface area contributed by atoms with E-state index in [0.29, 0.717) is 5.69 Å². The first kappa shape index (κ1) is 13.6. The van der Waals surface area contributed by atoms with Crippen molar-refractivity contribution in [2.75, 3.05) is 0 Å². The van der Waals surface area contributed by atoms with Crippen molar-refractivity contribution >= 4 is 27.5 Å². The standard InChI is InChI=1S/C15H12N2O3S/c1-10-2-4-11(5-3-10)21(19,20)14-9-17-13-6-7-16-8-12(13)15(14)18/h2-9,14H,1H3. The number of aliphatic imine (C=N–C) groups is 1. The highest BCUT2D eigenvalue weighted by Gasteiger charge is 2.36. The molecule has 5 nitrogen and oxygen atoms in total. The molecule has 2 aromatic rings. The number of ketones is 1. The molecule has 0 fully saturated rings. The summed E-state index contributed by atoms with van der Waals surface area (Å²) in [7, 11) is -3.80. The maximum absolute atomic E-state index is 12.6. The van der Waals surface area contributed by atoms with Crippen LogP contribution in [0.2, 0.25) is 0 Å². The minimum atomic E-state index is -3.80. The van der Waals surface area contributed by atoms with Gasteiger partial charge in [-0.3, -0.25) is 14.8 Å². The molecule has 1 aromatic carbocycles. The van der Waals surface area contributed by atoms with Gasteiger partial charge in [0.25, 0.3) is 0 Å². The molecule has 0 radical (unpaired) electrons. The van der Waals surface area contributed by atoms with Crippen LogP contribution in [0.4, 0.5) is 5.69 Å². The smallest absolute Gasteiger partial charge is 0.193 e. The van der Waals surface area contributed by atoms with Crippen molar-refractivity contribution in [3.8, 4) is 0 Å². The predicted octanol–water partition coefficient (Wildman–Crippen LogP) is 2.13. The van der Waals surface area contributed by atoms with Gasteiger partial charge in [-0.25, -0.2) is 8.42 Å². The van der Waals surface area contributed by atoms with Gasteiger partial charge in [0.1, 0.15) is 0 Å². The summed E-state index contributed by atoms with van der Waals surface area (Å²) in [6.07, 6.45) is 4.06. The van der Waals surface area contributed by atoms with Crippen molar-refractivity contribution in [2.45, 2.75) is 17.1 Å². The number of pyridine rings is 1. The van der Waals surface area contributed by atoms with E-state index < -0.39 is 20.9 Å². The van der Waals surface area contributed by atoms with E-state index in [1.54, 1.807) is 18.2 Å². The first-order valence-corrected chi connectivity index (χ1v) is 7.88. The molecule has 3 rings (SSSR count). The van der Waals surface area contributed by atoms with Crippen LogP contribution in [-0.4, -0.2) is 30.6 Å². The molecule has 0 saturated heterocycles. The number of aromatic nitrogens is 1. The summed E-state index contributed by atoms with van der Waals surface area (Å²) < 4.78 is 25.2. The number of carbonyl (C=O) groups is 1. The highest BCUT2D eigenvalue weighted by Crippen LogP contribution is 2.27. The lowest BCUT2D eigenvalue weighted by Crippen LogP contribution is -2.34. The average Bonchev–Trinajstić information content (AvgIpc) is 2.48. The molecule has 0 spiro atoms. The first-order chi connectivity index (χ1) is 10.00. The molecule has 0 saturated carbocycles. The largest absolute Gasteiger partial charge is 0.292 e. The molecule has 1 aliphatic heterocycles. The van der Waals surface area contributed by atoms with Gasteiger partial charge in [0, 0.05) is 18.6 Å². The molecule has 106 valence electrons. The van der Waals surface area contributed by atoms with Gasteiger partial charge >= 0.3 is 0 Å². The lowest BCUT2D eigenvalue weighted by molar-refractivity contribution is 0.100. The highest BCUT2D eigenvalue weighted by atomic mass is 32.2. The third kappa shape index (κ3) is 2.27. The minimum absolute atomic E-state index is 0.116. The summed E-state index contributed by atoms with van der Waals surface area (Å²) in [5.74, 6) is -0.492. The number of fused-ring (bicyclic) bond motifs is 1. The van der Waals surface area contributed by atoms with Crippen LogP contribution in [0.1, 0.15) is 15.9 Å². The Kier molecular flexibility index (Phi) is 3.17. The third-order valence-corrected chi connectivity index (χ3v) is 5.29. The van der Waals surface area contributed by atoms with Gasteiger partial charge < -0.3 is 0 Å². The number of hydrogen-bond donors (Lipinski definition) is 0. The molecule has 1 atom stereocenters. The highest BCUT2D eigenvalue weighted by molar-refractivity contribution is 7.93. The number of rotatable bonds is 2. The maximum Gasteiger partial charge on any atom is 0.193 e. The van der Waals surface area contributed by atoms with Gasteiger partial charge in [-0.2, -0.15) is 0 Å². The summed E-state index contributed by atoms with van der Waals surface area (Å²) in [5, 5.41) is -1.29. The van der Waals surface area contributed by atoms with Crippen LogP contribution in [0.3, 0.4) is 0 Å². The second kappa shape index (κ2) is 4.89. The first-order valence-electron chi connectivity index (χ1n) is 6.33. The molecule has 0 N–H and O–H groups in total. The van der Waals surface area contributed by atoms with Gasteiger partial charge in [-0.05, 0) is 25.1 Å². The van der Waals surface area contributed by atoms with E-state index in [1.807, 2.05) is 6.92 Å². The number of Topliss-reactive ketones (excluding diaryl/α,β-unsaturated/α-hetero) is 1. The molecule has 21 heavy (non-hydrogen) atoms. The van der Waals surface area contributed by atoms with Crippen molar-refractivity contribution in [1.82, 2.24) is 4.98 Å². The Bertz CT molecular complexity index is 839. The normalized spacial score (nSPS) is 17.6. The van der Waals surface area contributed by atoms with Crippen LogP contribution in [0.25, 0.3) is 0 Å². The average molecular weight is 300 g/mol. The van der Waals surface area contributed by atoms with Crippen LogP contribution < -0.4 is 0 Å². The molecule has 1 unspecified atom stereocenters. The fraction of sp³-hybridized carbons (Fsp3) is 0.133. The van der Waals surface area contributed by atoms with Crippen molar-refractivity contribution < 1.29 is 13.2 Å². The zero-order chi connectivity index (χ0) is 15.0. The van der Waals surface area contributed by atoms with Crippen molar-refractivity contribution in [3.05, 3.63) is 53.9 Å². The Morgan fingerprint density at radius 1 is 1.10 bits per heavy atom. The molecular weight excluding hydrogens is 288 g/mol. The Morgan fingerprint density at radius 3 is 2.52 bits per heavy atom. The van der Waals surface area contributed by atoms with Gasteiger partial charge in [-0.15, -0.1) is 0 Å². The molecule has 0 amide bonds. The Labute approximate surface area is 122 Å². The Morgan fingerprint density at radius 2 is 1.81 bits per heavy atom. The number of hydrogen-bond acceptors (Lipinski definition) is 5. The molecular formula is C15H12N2O3S. The lowest BCUT2D eigenvalue weighted by atomic mass is 10.1. The molecule has 0 aliphatic carbocycles. The van der Waals surface area contributed by atoms with Gasteiger partial charge in [0.2, 0.25) is 0 Å². The Balaban J connectivity index is 2.06. The van der Waals surface area contributed by atoms with Gasteiger partial charge in [-0.1, -0.05) is 17.7 Å². The zero-order valence-corrected chi connectivity index (χ0v) is 12.0. The summed E-state index contributed by atoms with van der Waals surface area (Å²) in [4.78, 5) is 20.4. The number of aryl methyl sites for hydroxylation is 1. The second-order valence-electron chi connectivity index (χ2n) is 4.81. The van der Waals surface area contributed by atoms with E-state index in [9.17, 15) is 13.2 Å². The summed E-state index contributed by atoms with van der Waals surface area (Å²) in [5.41, 5.74) is 1.64. The zero-order valence-electron chi connectivity index (χ0n) is 11.2. The van der Waals surface area contributed by atoms with E-state index in [1.165, 1.54) is 30.7 Å². The fourth-order valence-electron chi connectivity index (χ4n) is 2.15. The lowest BCUT2D eigenvalue weighted by Gasteiger charge is -2.17. The topological polar surface area (TPSA) is 76.5 Å². The van der Waals surface area contributed by atoms with E-state index >= 15 is 0 Å². The fourth-order valence-corrected chi connectivity index (χ4v) is 3.59. The predicted molar refractivity (Wildman–Crippen MR) is 78.9 cm³/mol. The van der Waals surface area contributed by atoms with Crippen molar-refractivity contribution in [3.63, 3.8) is 0 Å². The minimum Gasteiger partial charge on any atom is -0.292 e. The summed E-state index contributed by atoms with van der Waals surface area (Å²) in [6.45, 7) is 1.87. The van der Waals surface area contributed by atoms with E-state index in [0.717, 1.165) is 5.56 Å². The van der Waals surface area contributed by atoms with E-state index in [2.05, 4.69) is 9.98 Å². The number of sulfone groups is 1. The third-order valence-electron chi connectivity index (χ3n) is 3.35. The number of nitrogens with zero attached hydrogens (tertiary/aromatic N) is 2. The SMILES string of the molecule is Cc1ccc(S(=O)(=O)C2C=Nc3ccncc3C2=O)cc1. The van der Waals surface area contributed by atoms with Crippen LogP contribution in [0, 0.1) is 6.92 Å². The van der Waals surface area contributed by atoms with Gasteiger partial charge in [0.05, 0.1) is 16.1 Å². The number of carbonyl (C=O) groups excluding carboxylic acids is 1.